The number of piperazine rings is 1. The Kier molecular flexibility index (Phi) is 7.83. The van der Waals surface area contributed by atoms with Gasteiger partial charge in [0.1, 0.15) is 0 Å². The van der Waals surface area contributed by atoms with Crippen LogP contribution in [0.2, 0.25) is 0 Å². The molecule has 0 N–H and O–H groups in total. The van der Waals surface area contributed by atoms with Gasteiger partial charge in [-0.2, -0.15) is 0 Å². The Morgan fingerprint density at radius 2 is 1.75 bits per heavy atom. The summed E-state index contributed by atoms with van der Waals surface area (Å²) < 4.78 is 16.7. The molecule has 2 heterocycles. The first-order chi connectivity index (χ1) is 9.88. The lowest BCUT2D eigenvalue weighted by molar-refractivity contribution is -0.0933. The van der Waals surface area contributed by atoms with Gasteiger partial charge in [-0.25, -0.2) is 0 Å². The molecule has 0 saturated carbocycles. The highest BCUT2D eigenvalue weighted by molar-refractivity contribution is 4.73. The monoisotopic (exact) mass is 286 g/mol. The van der Waals surface area contributed by atoms with Crippen molar-refractivity contribution >= 4 is 0 Å². The van der Waals surface area contributed by atoms with Crippen LogP contribution in [-0.2, 0) is 14.2 Å². The maximum Gasteiger partial charge on any atom is 0.0821 e. The minimum absolute atomic E-state index is 0.309. The number of rotatable bonds is 8. The van der Waals surface area contributed by atoms with Gasteiger partial charge in [0, 0.05) is 45.9 Å². The molecule has 1 unspecified atom stereocenters. The van der Waals surface area contributed by atoms with Crippen molar-refractivity contribution in [3.05, 3.63) is 0 Å². The molecule has 5 nitrogen and oxygen atoms in total. The second kappa shape index (κ2) is 9.68. The molecule has 0 amide bonds. The summed E-state index contributed by atoms with van der Waals surface area (Å²) in [7, 11) is 0. The molecular formula is C15H30N2O3. The third-order valence-corrected chi connectivity index (χ3v) is 4.02. The summed E-state index contributed by atoms with van der Waals surface area (Å²) in [6.07, 6.45) is 2.52. The van der Waals surface area contributed by atoms with E-state index < -0.39 is 0 Å². The van der Waals surface area contributed by atoms with Crippen molar-refractivity contribution in [2.75, 3.05) is 72.3 Å². The first kappa shape index (κ1) is 16.2. The molecule has 2 aliphatic rings. The highest BCUT2D eigenvalue weighted by Crippen LogP contribution is 2.08. The quantitative estimate of drug-likeness (QED) is 0.618. The predicted octanol–water partition coefficient (Wildman–Crippen LogP) is 0.836. The molecule has 2 saturated heterocycles. The van der Waals surface area contributed by atoms with E-state index >= 15 is 0 Å². The minimum Gasteiger partial charge on any atom is -0.380 e. The van der Waals surface area contributed by atoms with Crippen LogP contribution in [0.25, 0.3) is 0 Å². The lowest BCUT2D eigenvalue weighted by Crippen LogP contribution is -2.48. The van der Waals surface area contributed by atoms with Crippen LogP contribution in [0, 0.1) is 0 Å². The molecule has 2 aliphatic heterocycles. The molecule has 2 fully saturated rings. The zero-order chi connectivity index (χ0) is 14.0. The fourth-order valence-electron chi connectivity index (χ4n) is 2.71. The van der Waals surface area contributed by atoms with Gasteiger partial charge in [0.25, 0.3) is 0 Å². The van der Waals surface area contributed by atoms with E-state index in [1.807, 2.05) is 0 Å². The van der Waals surface area contributed by atoms with E-state index in [0.29, 0.717) is 6.10 Å². The summed E-state index contributed by atoms with van der Waals surface area (Å²) in [6.45, 7) is 13.1. The number of hydrogen-bond donors (Lipinski definition) is 0. The van der Waals surface area contributed by atoms with Crippen molar-refractivity contribution in [2.45, 2.75) is 25.9 Å². The molecule has 118 valence electrons. The van der Waals surface area contributed by atoms with Crippen molar-refractivity contribution in [3.8, 4) is 0 Å². The SMILES string of the molecule is CCCOCCN1CCN(CCC2COCCO2)CC1. The molecule has 0 aromatic carbocycles. The first-order valence-corrected chi connectivity index (χ1v) is 8.10. The normalized spacial score (nSPS) is 25.9. The molecule has 5 heteroatoms. The Hall–Kier alpha value is -0.200. The summed E-state index contributed by atoms with van der Waals surface area (Å²) in [5.74, 6) is 0. The molecule has 0 aromatic rings. The lowest BCUT2D eigenvalue weighted by atomic mass is 10.2. The fraction of sp³-hybridized carbons (Fsp3) is 1.00. The van der Waals surface area contributed by atoms with Crippen LogP contribution in [-0.4, -0.2) is 88.2 Å². The highest BCUT2D eigenvalue weighted by Gasteiger charge is 2.19. The zero-order valence-corrected chi connectivity index (χ0v) is 12.9. The maximum absolute atomic E-state index is 5.69. The molecule has 0 radical (unpaired) electrons. The highest BCUT2D eigenvalue weighted by atomic mass is 16.6. The summed E-state index contributed by atoms with van der Waals surface area (Å²) in [6, 6.07) is 0. The largest absolute Gasteiger partial charge is 0.380 e. The van der Waals surface area contributed by atoms with Crippen LogP contribution in [0.15, 0.2) is 0 Å². The van der Waals surface area contributed by atoms with E-state index in [1.165, 1.54) is 13.1 Å². The van der Waals surface area contributed by atoms with Crippen LogP contribution in [0.4, 0.5) is 0 Å². The van der Waals surface area contributed by atoms with Gasteiger partial charge in [-0.15, -0.1) is 0 Å². The van der Waals surface area contributed by atoms with Gasteiger partial charge in [0.05, 0.1) is 32.5 Å². The Morgan fingerprint density at radius 3 is 2.40 bits per heavy atom. The van der Waals surface area contributed by atoms with Crippen LogP contribution in [0.1, 0.15) is 19.8 Å². The van der Waals surface area contributed by atoms with Crippen LogP contribution in [0.5, 0.6) is 0 Å². The van der Waals surface area contributed by atoms with Gasteiger partial charge in [0.2, 0.25) is 0 Å². The average molecular weight is 286 g/mol. The van der Waals surface area contributed by atoms with Gasteiger partial charge in [-0.1, -0.05) is 6.92 Å². The topological polar surface area (TPSA) is 34.2 Å². The molecule has 20 heavy (non-hydrogen) atoms. The summed E-state index contributed by atoms with van der Waals surface area (Å²) in [5, 5.41) is 0. The second-order valence-corrected chi connectivity index (χ2v) is 5.65. The smallest absolute Gasteiger partial charge is 0.0821 e. The summed E-state index contributed by atoms with van der Waals surface area (Å²) in [5.41, 5.74) is 0. The summed E-state index contributed by atoms with van der Waals surface area (Å²) in [4.78, 5) is 5.05. The fourth-order valence-corrected chi connectivity index (χ4v) is 2.71. The molecule has 0 bridgehead atoms. The number of hydrogen-bond acceptors (Lipinski definition) is 5. The van der Waals surface area contributed by atoms with Gasteiger partial charge < -0.3 is 19.1 Å². The van der Waals surface area contributed by atoms with E-state index in [4.69, 9.17) is 14.2 Å². The van der Waals surface area contributed by atoms with Gasteiger partial charge in [0.15, 0.2) is 0 Å². The third-order valence-electron chi connectivity index (χ3n) is 4.02. The van der Waals surface area contributed by atoms with E-state index in [-0.39, 0.29) is 0 Å². The average Bonchev–Trinajstić information content (AvgIpc) is 2.52. The van der Waals surface area contributed by atoms with E-state index in [9.17, 15) is 0 Å². The third kappa shape index (κ3) is 6.06. The van der Waals surface area contributed by atoms with Crippen molar-refractivity contribution in [1.29, 1.82) is 0 Å². The van der Waals surface area contributed by atoms with E-state index in [0.717, 1.165) is 72.1 Å². The molecule has 2 rings (SSSR count). The Labute approximate surface area is 123 Å². The van der Waals surface area contributed by atoms with E-state index in [2.05, 4.69) is 16.7 Å². The maximum atomic E-state index is 5.69. The van der Waals surface area contributed by atoms with Crippen LogP contribution < -0.4 is 0 Å². The Morgan fingerprint density at radius 1 is 1.00 bits per heavy atom. The van der Waals surface area contributed by atoms with E-state index in [1.54, 1.807) is 0 Å². The van der Waals surface area contributed by atoms with Crippen molar-refractivity contribution < 1.29 is 14.2 Å². The summed E-state index contributed by atoms with van der Waals surface area (Å²) >= 11 is 0. The molecule has 1 atom stereocenters. The van der Waals surface area contributed by atoms with Crippen molar-refractivity contribution in [1.82, 2.24) is 9.80 Å². The lowest BCUT2D eigenvalue weighted by Gasteiger charge is -2.35. The molecular weight excluding hydrogens is 256 g/mol. The molecule has 0 spiro atoms. The van der Waals surface area contributed by atoms with Gasteiger partial charge in [-0.05, 0) is 12.8 Å². The first-order valence-electron chi connectivity index (χ1n) is 8.10. The second-order valence-electron chi connectivity index (χ2n) is 5.65. The van der Waals surface area contributed by atoms with Crippen LogP contribution in [0.3, 0.4) is 0 Å². The van der Waals surface area contributed by atoms with Crippen molar-refractivity contribution in [3.63, 3.8) is 0 Å². The minimum atomic E-state index is 0.309. The number of ether oxygens (including phenoxy) is 3. The Bertz CT molecular complexity index is 239. The van der Waals surface area contributed by atoms with Crippen molar-refractivity contribution in [2.24, 2.45) is 0 Å². The predicted molar refractivity (Wildman–Crippen MR) is 79.2 cm³/mol. The standard InChI is InChI=1S/C15H30N2O3/c1-2-10-18-11-9-17-7-5-16(6-8-17)4-3-15-14-19-12-13-20-15/h15H,2-14H2,1H3. The molecule has 0 aliphatic carbocycles. The number of nitrogens with zero attached hydrogens (tertiary/aromatic N) is 2. The van der Waals surface area contributed by atoms with Gasteiger partial charge >= 0.3 is 0 Å². The molecule has 0 aromatic heterocycles. The van der Waals surface area contributed by atoms with Crippen LogP contribution >= 0.6 is 0 Å². The zero-order valence-electron chi connectivity index (χ0n) is 12.9. The van der Waals surface area contributed by atoms with Gasteiger partial charge in [-0.3, -0.25) is 4.90 Å². The Balaban J connectivity index is 1.50.